The Morgan fingerprint density at radius 2 is 1.53 bits per heavy atom. The number of aromatic hydroxyl groups is 1. The van der Waals surface area contributed by atoms with Gasteiger partial charge in [0.25, 0.3) is 0 Å². The summed E-state index contributed by atoms with van der Waals surface area (Å²) in [6.45, 7) is 19.7. The van der Waals surface area contributed by atoms with E-state index < -0.39 is 0 Å². The quantitative estimate of drug-likeness (QED) is 0.0772. The smallest absolute Gasteiger partial charge is 0.516 e. The molecule has 0 spiro atoms. The van der Waals surface area contributed by atoms with Crippen molar-refractivity contribution in [1.29, 1.82) is 0 Å². The maximum Gasteiger partial charge on any atom is 2.00 e. The molecule has 0 saturated carbocycles. The van der Waals surface area contributed by atoms with Crippen LogP contribution in [0.15, 0.2) is 96.1 Å². The summed E-state index contributed by atoms with van der Waals surface area (Å²) in [5.41, 5.74) is 12.1. The van der Waals surface area contributed by atoms with Gasteiger partial charge in [0.2, 0.25) is 0 Å². The van der Waals surface area contributed by atoms with Crippen LogP contribution in [0.2, 0.25) is 0 Å². The van der Waals surface area contributed by atoms with Gasteiger partial charge < -0.3 is 20.0 Å². The van der Waals surface area contributed by atoms with Gasteiger partial charge in [0.05, 0.1) is 5.75 Å². The zero-order chi connectivity index (χ0) is 33.2. The Balaban J connectivity index is 0.00000500. The van der Waals surface area contributed by atoms with E-state index in [-0.39, 0.29) is 37.6 Å². The molecule has 5 heteroatoms. The summed E-state index contributed by atoms with van der Waals surface area (Å²) in [6.07, 6.45) is 6.13. The van der Waals surface area contributed by atoms with Crippen LogP contribution < -0.4 is 4.90 Å². The number of phenolic OH excluding ortho intramolecular Hbond substituents is 1. The van der Waals surface area contributed by atoms with Crippen molar-refractivity contribution in [3.63, 3.8) is 0 Å². The molecule has 5 aromatic rings. The molecule has 0 amide bonds. The maximum atomic E-state index is 11.0. The number of anilines is 2. The van der Waals surface area contributed by atoms with E-state index in [1.54, 1.807) is 6.07 Å². The number of aryl methyl sites for hydroxylation is 3. The van der Waals surface area contributed by atoms with Gasteiger partial charge in [-0.2, -0.15) is 18.2 Å². The Labute approximate surface area is 295 Å². The Bertz CT molecular complexity index is 1900. The molecular weight excluding hydrogens is 758 g/mol. The standard InChI is InChI=1S/C42H45N3O.Pt/c1-28-13-10-11-16-36(28)45(37-25-33(42(7,8)9)18-20-38(37)46)27-44-34-15-12-14-32(24-34)40-39(29(2)21-22-43-40)35-19-17-31(23-30(35)3)26-41(4,5)6;/h10-23,25,46H,26H2,1-9H3;/q-2;+2. The maximum absolute atomic E-state index is 11.0. The summed E-state index contributed by atoms with van der Waals surface area (Å²) in [5, 5.41) is 11.0. The molecule has 0 aliphatic carbocycles. The fourth-order valence-electron chi connectivity index (χ4n) is 5.82. The number of rotatable bonds is 7. The molecule has 1 aromatic heterocycles. The molecule has 1 heterocycles. The number of nitrogens with zero attached hydrogens (tertiary/aromatic N) is 3. The van der Waals surface area contributed by atoms with Crippen molar-refractivity contribution in [3.8, 4) is 28.1 Å². The van der Waals surface area contributed by atoms with E-state index in [1.807, 2.05) is 72.6 Å². The average molecular weight is 803 g/mol. The molecule has 244 valence electrons. The first kappa shape index (κ1) is 35.8. The number of aromatic nitrogens is 1. The van der Waals surface area contributed by atoms with Crippen LogP contribution in [0.5, 0.6) is 5.75 Å². The summed E-state index contributed by atoms with van der Waals surface area (Å²) < 4.78 is 0. The first-order valence-electron chi connectivity index (χ1n) is 15.9. The molecule has 0 atom stereocenters. The van der Waals surface area contributed by atoms with Crippen LogP contribution in [0, 0.1) is 32.3 Å². The number of benzene rings is 4. The van der Waals surface area contributed by atoms with Crippen LogP contribution in [0.1, 0.15) is 69.4 Å². The summed E-state index contributed by atoms with van der Waals surface area (Å²) in [7, 11) is 0. The van der Waals surface area contributed by atoms with Crippen molar-refractivity contribution >= 4 is 23.4 Å². The monoisotopic (exact) mass is 802 g/mol. The van der Waals surface area contributed by atoms with Crippen LogP contribution in [0.25, 0.3) is 22.4 Å². The third-order valence-electron chi connectivity index (χ3n) is 8.20. The minimum atomic E-state index is -0.0944. The first-order chi connectivity index (χ1) is 21.7. The van der Waals surface area contributed by atoms with E-state index in [9.17, 15) is 5.11 Å². The number of aliphatic imine (C=N–C) groups is 1. The summed E-state index contributed by atoms with van der Waals surface area (Å²) in [4.78, 5) is 11.5. The number of para-hydroxylation sites is 1. The Hall–Kier alpha value is -4.01. The van der Waals surface area contributed by atoms with Crippen molar-refractivity contribution in [2.24, 2.45) is 10.4 Å². The summed E-state index contributed by atoms with van der Waals surface area (Å²) in [6, 6.07) is 32.1. The van der Waals surface area contributed by atoms with Gasteiger partial charge in [-0.1, -0.05) is 107 Å². The van der Waals surface area contributed by atoms with Crippen LogP contribution in [-0.2, 0) is 32.9 Å². The second kappa shape index (κ2) is 14.4. The molecule has 4 nitrogen and oxygen atoms in total. The van der Waals surface area contributed by atoms with Crippen molar-refractivity contribution in [2.75, 3.05) is 4.90 Å². The molecule has 47 heavy (non-hydrogen) atoms. The predicted molar refractivity (Wildman–Crippen MR) is 194 cm³/mol. The van der Waals surface area contributed by atoms with E-state index in [0.717, 1.165) is 45.6 Å². The van der Waals surface area contributed by atoms with E-state index in [4.69, 9.17) is 9.98 Å². The number of hydrogen-bond acceptors (Lipinski definition) is 3. The Morgan fingerprint density at radius 1 is 0.787 bits per heavy atom. The van der Waals surface area contributed by atoms with Gasteiger partial charge in [-0.3, -0.25) is 0 Å². The third-order valence-corrected chi connectivity index (χ3v) is 8.20. The van der Waals surface area contributed by atoms with Gasteiger partial charge >= 0.3 is 21.1 Å². The van der Waals surface area contributed by atoms with E-state index in [2.05, 4.69) is 92.1 Å². The topological polar surface area (TPSA) is 48.7 Å². The molecule has 0 unspecified atom stereocenters. The van der Waals surface area contributed by atoms with Crippen molar-refractivity contribution in [2.45, 2.75) is 74.1 Å². The molecule has 1 N–H and O–H groups in total. The predicted octanol–water partition coefficient (Wildman–Crippen LogP) is 11.1. The molecular formula is C42H45N3OPt. The van der Waals surface area contributed by atoms with Gasteiger partial charge in [0.1, 0.15) is 0 Å². The zero-order valence-corrected chi connectivity index (χ0v) is 31.2. The Morgan fingerprint density at radius 3 is 2.21 bits per heavy atom. The fraction of sp³-hybridized carbons (Fsp3) is 0.286. The normalized spacial score (nSPS) is 11.9. The summed E-state index contributed by atoms with van der Waals surface area (Å²) >= 11 is 0. The molecule has 4 aromatic carbocycles. The molecule has 0 bridgehead atoms. The fourth-order valence-corrected chi connectivity index (χ4v) is 5.82. The largest absolute Gasteiger partial charge is 2.00 e. The number of pyridine rings is 1. The minimum absolute atomic E-state index is 0. The first-order valence-corrected chi connectivity index (χ1v) is 15.9. The number of hydrogen-bond donors (Lipinski definition) is 1. The molecule has 0 radical (unpaired) electrons. The minimum Gasteiger partial charge on any atom is -0.516 e. The number of phenols is 1. The van der Waals surface area contributed by atoms with Gasteiger partial charge in [-0.05, 0) is 94.9 Å². The van der Waals surface area contributed by atoms with Gasteiger partial charge in [-0.15, -0.1) is 11.6 Å². The van der Waals surface area contributed by atoms with E-state index in [0.29, 0.717) is 11.4 Å². The molecule has 0 fully saturated rings. The third kappa shape index (κ3) is 8.48. The van der Waals surface area contributed by atoms with Crippen LogP contribution in [0.4, 0.5) is 17.1 Å². The van der Waals surface area contributed by atoms with E-state index >= 15 is 0 Å². The van der Waals surface area contributed by atoms with Crippen LogP contribution >= 0.6 is 0 Å². The van der Waals surface area contributed by atoms with Gasteiger partial charge in [0.15, 0.2) is 0 Å². The van der Waals surface area contributed by atoms with Crippen molar-refractivity contribution in [1.82, 2.24) is 4.98 Å². The van der Waals surface area contributed by atoms with Crippen molar-refractivity contribution < 1.29 is 26.2 Å². The second-order valence-corrected chi connectivity index (χ2v) is 14.5. The SMILES string of the molecule is Cc1cc(CC(C)(C)C)ccc1-c1c(C)ccnc1-c1[c-]c(N=[C-]N(c2ccccc2C)c2cc(C(C)(C)C)ccc2O)ccc1.[Pt+2]. The molecule has 5 rings (SSSR count). The second-order valence-electron chi connectivity index (χ2n) is 14.5. The van der Waals surface area contributed by atoms with Crippen LogP contribution in [-0.4, -0.2) is 16.4 Å². The van der Waals surface area contributed by atoms with Gasteiger partial charge in [-0.25, -0.2) is 0 Å². The molecule has 0 aliphatic heterocycles. The van der Waals surface area contributed by atoms with Crippen LogP contribution in [0.3, 0.4) is 0 Å². The molecule has 0 saturated heterocycles. The summed E-state index contributed by atoms with van der Waals surface area (Å²) in [5.74, 6) is 0.161. The average Bonchev–Trinajstić information content (AvgIpc) is 2.98. The Kier molecular flexibility index (Phi) is 11.0. The van der Waals surface area contributed by atoms with E-state index in [1.165, 1.54) is 16.7 Å². The van der Waals surface area contributed by atoms with Gasteiger partial charge in [0, 0.05) is 18.2 Å². The zero-order valence-electron chi connectivity index (χ0n) is 29.0. The van der Waals surface area contributed by atoms with Crippen molar-refractivity contribution in [3.05, 3.63) is 125 Å². The molecule has 0 aliphatic rings.